The lowest BCUT2D eigenvalue weighted by molar-refractivity contribution is 0.0195. The van der Waals surface area contributed by atoms with Crippen molar-refractivity contribution in [3.63, 3.8) is 0 Å². The van der Waals surface area contributed by atoms with Crippen molar-refractivity contribution in [1.29, 1.82) is 0 Å². The zero-order valence-corrected chi connectivity index (χ0v) is 14.0. The maximum atomic E-state index is 5.45. The van der Waals surface area contributed by atoms with Crippen LogP contribution in [0.25, 0.3) is 0 Å². The third-order valence-electron chi connectivity index (χ3n) is 4.94. The minimum absolute atomic E-state index is 0.667. The van der Waals surface area contributed by atoms with E-state index in [0.29, 0.717) is 6.04 Å². The Bertz CT molecular complexity index is 324. The zero-order valence-electron chi connectivity index (χ0n) is 14.0. The Kier molecular flexibility index (Phi) is 6.77. The fraction of sp³-hybridized carbons (Fsp3) is 0.938. The van der Waals surface area contributed by atoms with Crippen molar-refractivity contribution in [2.24, 2.45) is 10.9 Å². The smallest absolute Gasteiger partial charge is 0.193 e. The highest BCUT2D eigenvalue weighted by molar-refractivity contribution is 5.80. The Labute approximate surface area is 129 Å². The molecule has 1 N–H and O–H groups in total. The summed E-state index contributed by atoms with van der Waals surface area (Å²) in [5.74, 6) is 1.83. The lowest BCUT2D eigenvalue weighted by Crippen LogP contribution is -2.47. The molecule has 122 valence electrons. The van der Waals surface area contributed by atoms with Crippen LogP contribution in [0.3, 0.4) is 0 Å². The van der Waals surface area contributed by atoms with Gasteiger partial charge in [-0.05, 0) is 12.3 Å². The molecule has 0 aromatic carbocycles. The predicted molar refractivity (Wildman–Crippen MR) is 87.8 cm³/mol. The highest BCUT2D eigenvalue weighted by atomic mass is 16.5. The van der Waals surface area contributed by atoms with Gasteiger partial charge in [0.05, 0.1) is 13.2 Å². The molecule has 2 aliphatic heterocycles. The number of rotatable bonds is 5. The normalized spacial score (nSPS) is 24.9. The van der Waals surface area contributed by atoms with Gasteiger partial charge in [0.25, 0.3) is 0 Å². The molecule has 2 saturated heterocycles. The van der Waals surface area contributed by atoms with Crippen molar-refractivity contribution in [1.82, 2.24) is 15.1 Å². The van der Waals surface area contributed by atoms with Crippen LogP contribution in [0.4, 0.5) is 0 Å². The molecule has 5 nitrogen and oxygen atoms in total. The van der Waals surface area contributed by atoms with Gasteiger partial charge in [-0.3, -0.25) is 9.89 Å². The van der Waals surface area contributed by atoms with Crippen molar-refractivity contribution in [3.05, 3.63) is 0 Å². The number of likely N-dealkylation sites (tertiary alicyclic amines) is 1. The van der Waals surface area contributed by atoms with Crippen molar-refractivity contribution < 1.29 is 4.74 Å². The van der Waals surface area contributed by atoms with Crippen LogP contribution < -0.4 is 5.32 Å². The van der Waals surface area contributed by atoms with Gasteiger partial charge in [-0.15, -0.1) is 0 Å². The summed E-state index contributed by atoms with van der Waals surface area (Å²) in [7, 11) is 1.90. The van der Waals surface area contributed by atoms with Crippen LogP contribution in [0, 0.1) is 5.92 Å². The van der Waals surface area contributed by atoms with E-state index in [2.05, 4.69) is 34.0 Å². The zero-order chi connectivity index (χ0) is 15.1. The molecule has 0 radical (unpaired) electrons. The van der Waals surface area contributed by atoms with Gasteiger partial charge >= 0.3 is 0 Å². The largest absolute Gasteiger partial charge is 0.379 e. The molecule has 5 heteroatoms. The van der Waals surface area contributed by atoms with E-state index >= 15 is 0 Å². The van der Waals surface area contributed by atoms with E-state index in [1.807, 2.05) is 7.05 Å². The van der Waals surface area contributed by atoms with Crippen LogP contribution in [-0.2, 0) is 4.74 Å². The van der Waals surface area contributed by atoms with Crippen LogP contribution in [0.1, 0.15) is 33.1 Å². The number of ether oxygens (including phenoxy) is 1. The van der Waals surface area contributed by atoms with Crippen molar-refractivity contribution >= 4 is 5.96 Å². The fourth-order valence-electron chi connectivity index (χ4n) is 3.32. The van der Waals surface area contributed by atoms with Gasteiger partial charge in [-0.2, -0.15) is 0 Å². The first-order chi connectivity index (χ1) is 10.3. The van der Waals surface area contributed by atoms with Crippen LogP contribution in [0.5, 0.6) is 0 Å². The summed E-state index contributed by atoms with van der Waals surface area (Å²) < 4.78 is 5.45. The Hall–Kier alpha value is -0.810. The number of guanidine groups is 1. The average Bonchev–Trinajstić information content (AvgIpc) is 3.02. The van der Waals surface area contributed by atoms with E-state index in [9.17, 15) is 0 Å². The van der Waals surface area contributed by atoms with Crippen LogP contribution in [0.15, 0.2) is 4.99 Å². The van der Waals surface area contributed by atoms with Gasteiger partial charge in [-0.1, -0.05) is 26.7 Å². The van der Waals surface area contributed by atoms with Gasteiger partial charge in [0.15, 0.2) is 5.96 Å². The number of nitrogens with one attached hydrogen (secondary N) is 1. The summed E-state index contributed by atoms with van der Waals surface area (Å²) in [6, 6.07) is 0.667. The van der Waals surface area contributed by atoms with E-state index in [0.717, 1.165) is 57.8 Å². The first kappa shape index (κ1) is 16.6. The Morgan fingerprint density at radius 2 is 1.95 bits per heavy atom. The molecular weight excluding hydrogens is 264 g/mol. The molecule has 0 spiro atoms. The number of aliphatic imine (C=N–C) groups is 1. The molecule has 0 aromatic heterocycles. The molecule has 2 aliphatic rings. The van der Waals surface area contributed by atoms with E-state index in [4.69, 9.17) is 4.74 Å². The summed E-state index contributed by atoms with van der Waals surface area (Å²) in [5.41, 5.74) is 0. The quantitative estimate of drug-likeness (QED) is 0.615. The van der Waals surface area contributed by atoms with Crippen LogP contribution >= 0.6 is 0 Å². The van der Waals surface area contributed by atoms with E-state index in [1.54, 1.807) is 0 Å². The van der Waals surface area contributed by atoms with Crippen molar-refractivity contribution in [3.8, 4) is 0 Å². The van der Waals surface area contributed by atoms with Crippen LogP contribution in [0.2, 0.25) is 0 Å². The molecule has 0 saturated carbocycles. The lowest BCUT2D eigenvalue weighted by Gasteiger charge is -2.32. The molecule has 0 amide bonds. The van der Waals surface area contributed by atoms with E-state index in [1.165, 1.54) is 19.3 Å². The molecule has 2 heterocycles. The second-order valence-electron chi connectivity index (χ2n) is 6.15. The number of morpholine rings is 1. The third kappa shape index (κ3) is 4.58. The van der Waals surface area contributed by atoms with Gasteiger partial charge in [-0.25, -0.2) is 0 Å². The van der Waals surface area contributed by atoms with E-state index < -0.39 is 0 Å². The predicted octanol–water partition coefficient (Wildman–Crippen LogP) is 1.40. The highest BCUT2D eigenvalue weighted by Crippen LogP contribution is 2.17. The van der Waals surface area contributed by atoms with Gasteiger partial charge in [0, 0.05) is 45.8 Å². The molecule has 1 atom stereocenters. The molecule has 2 fully saturated rings. The minimum atomic E-state index is 0.667. The van der Waals surface area contributed by atoms with Crippen LogP contribution in [-0.4, -0.2) is 74.8 Å². The fourth-order valence-corrected chi connectivity index (χ4v) is 3.32. The molecule has 0 aliphatic carbocycles. The Morgan fingerprint density at radius 3 is 2.57 bits per heavy atom. The van der Waals surface area contributed by atoms with Crippen molar-refractivity contribution in [2.45, 2.75) is 39.2 Å². The monoisotopic (exact) mass is 296 g/mol. The maximum Gasteiger partial charge on any atom is 0.193 e. The standard InChI is InChI=1S/C16H32N4O/c1-4-14(5-2)12-18-16(17-3)20-7-6-15(13-20)19-8-10-21-11-9-19/h14-15H,4-13H2,1-3H3,(H,17,18). The first-order valence-corrected chi connectivity index (χ1v) is 8.55. The van der Waals surface area contributed by atoms with E-state index in [-0.39, 0.29) is 0 Å². The molecular formula is C16H32N4O. The molecule has 1 unspecified atom stereocenters. The first-order valence-electron chi connectivity index (χ1n) is 8.55. The lowest BCUT2D eigenvalue weighted by atomic mass is 10.0. The van der Waals surface area contributed by atoms with Gasteiger partial charge < -0.3 is 15.0 Å². The third-order valence-corrected chi connectivity index (χ3v) is 4.94. The average molecular weight is 296 g/mol. The number of hydrogen-bond acceptors (Lipinski definition) is 3. The molecule has 0 bridgehead atoms. The second-order valence-corrected chi connectivity index (χ2v) is 6.15. The number of hydrogen-bond donors (Lipinski definition) is 1. The second kappa shape index (κ2) is 8.59. The van der Waals surface area contributed by atoms with Crippen molar-refractivity contribution in [2.75, 3.05) is 53.0 Å². The minimum Gasteiger partial charge on any atom is -0.379 e. The summed E-state index contributed by atoms with van der Waals surface area (Å²) in [6.07, 6.45) is 3.71. The summed E-state index contributed by atoms with van der Waals surface area (Å²) in [4.78, 5) is 9.48. The molecule has 21 heavy (non-hydrogen) atoms. The summed E-state index contributed by atoms with van der Waals surface area (Å²) in [6.45, 7) is 11.7. The maximum absolute atomic E-state index is 5.45. The van der Waals surface area contributed by atoms with Gasteiger partial charge in [0.2, 0.25) is 0 Å². The van der Waals surface area contributed by atoms with Gasteiger partial charge in [0.1, 0.15) is 0 Å². The molecule has 2 rings (SSSR count). The Balaban J connectivity index is 1.80. The Morgan fingerprint density at radius 1 is 1.24 bits per heavy atom. The summed E-state index contributed by atoms with van der Waals surface area (Å²) >= 11 is 0. The SMILES string of the molecule is CCC(CC)CNC(=NC)N1CCC(N2CCOCC2)C1. The molecule has 0 aromatic rings. The topological polar surface area (TPSA) is 40.1 Å². The summed E-state index contributed by atoms with van der Waals surface area (Å²) in [5, 5.41) is 3.57. The number of nitrogens with zero attached hydrogens (tertiary/aromatic N) is 3. The highest BCUT2D eigenvalue weighted by Gasteiger charge is 2.30.